The molecule has 10 heavy (non-hydrogen) atoms. The number of hydrogen-bond donors (Lipinski definition) is 3. The van der Waals surface area contributed by atoms with Gasteiger partial charge in [-0.2, -0.15) is 5.48 Å². The van der Waals surface area contributed by atoms with Crippen molar-refractivity contribution in [1.29, 1.82) is 0 Å². The Kier molecular flexibility index (Phi) is 1.44. The molecule has 0 amide bonds. The van der Waals surface area contributed by atoms with Gasteiger partial charge in [-0.1, -0.05) is 0 Å². The first-order valence-electron chi connectivity index (χ1n) is 3.97. The Morgan fingerprint density at radius 1 is 1.60 bits per heavy atom. The molecule has 2 bridgehead atoms. The maximum absolute atomic E-state index is 8.88. The normalized spacial score (nSPS) is 45.9. The fourth-order valence-corrected chi connectivity index (χ4v) is 2.23. The van der Waals surface area contributed by atoms with Crippen molar-refractivity contribution in [2.75, 3.05) is 13.1 Å². The molecule has 1 saturated heterocycles. The average molecular weight is 142 g/mol. The fourth-order valence-electron chi connectivity index (χ4n) is 2.23. The second kappa shape index (κ2) is 2.19. The third kappa shape index (κ3) is 0.856. The highest BCUT2D eigenvalue weighted by Gasteiger charge is 2.41. The summed E-state index contributed by atoms with van der Waals surface area (Å²) in [4.78, 5) is 0. The molecule has 1 saturated carbocycles. The lowest BCUT2D eigenvalue weighted by Crippen LogP contribution is -2.52. The zero-order valence-electron chi connectivity index (χ0n) is 6.06. The Hall–Kier alpha value is -0.120. The molecule has 1 aliphatic carbocycles. The minimum atomic E-state index is 0.0307. The topological polar surface area (TPSA) is 44.3 Å². The summed E-state index contributed by atoms with van der Waals surface area (Å²) in [7, 11) is 0. The van der Waals surface area contributed by atoms with Gasteiger partial charge >= 0.3 is 0 Å². The van der Waals surface area contributed by atoms with Gasteiger partial charge in [0, 0.05) is 6.54 Å². The molecule has 3 nitrogen and oxygen atoms in total. The van der Waals surface area contributed by atoms with Crippen LogP contribution in [0.25, 0.3) is 0 Å². The number of hydrogen-bond acceptors (Lipinski definition) is 3. The van der Waals surface area contributed by atoms with Crippen LogP contribution in [0.4, 0.5) is 0 Å². The summed E-state index contributed by atoms with van der Waals surface area (Å²) >= 11 is 0. The van der Waals surface area contributed by atoms with E-state index >= 15 is 0 Å². The molecule has 3 heteroatoms. The van der Waals surface area contributed by atoms with Crippen LogP contribution >= 0.6 is 0 Å². The number of fused-ring (bicyclic) bond motifs is 2. The van der Waals surface area contributed by atoms with Crippen molar-refractivity contribution >= 4 is 0 Å². The SMILES string of the molecule is ONC12CCC(CNC1)C2. The Morgan fingerprint density at radius 3 is 3.20 bits per heavy atom. The van der Waals surface area contributed by atoms with Gasteiger partial charge in [0.05, 0.1) is 5.54 Å². The zero-order valence-corrected chi connectivity index (χ0v) is 6.06. The van der Waals surface area contributed by atoms with Gasteiger partial charge in [0.2, 0.25) is 0 Å². The van der Waals surface area contributed by atoms with Crippen molar-refractivity contribution in [3.63, 3.8) is 0 Å². The van der Waals surface area contributed by atoms with E-state index in [0.717, 1.165) is 31.8 Å². The van der Waals surface area contributed by atoms with Crippen LogP contribution in [0.3, 0.4) is 0 Å². The Labute approximate surface area is 60.8 Å². The second-order valence-electron chi connectivity index (χ2n) is 3.63. The highest BCUT2D eigenvalue weighted by Crippen LogP contribution is 2.36. The van der Waals surface area contributed by atoms with E-state index in [-0.39, 0.29) is 5.54 Å². The smallest absolute Gasteiger partial charge is 0.0557 e. The summed E-state index contributed by atoms with van der Waals surface area (Å²) in [6, 6.07) is 0. The van der Waals surface area contributed by atoms with Crippen LogP contribution in [0.15, 0.2) is 0 Å². The molecule has 0 aromatic rings. The highest BCUT2D eigenvalue weighted by atomic mass is 16.5. The van der Waals surface area contributed by atoms with Gasteiger partial charge < -0.3 is 10.5 Å². The number of hydroxylamine groups is 1. The van der Waals surface area contributed by atoms with Gasteiger partial charge in [0.25, 0.3) is 0 Å². The summed E-state index contributed by atoms with van der Waals surface area (Å²) in [5.74, 6) is 0.799. The molecule has 2 atom stereocenters. The van der Waals surface area contributed by atoms with Crippen molar-refractivity contribution in [1.82, 2.24) is 10.8 Å². The molecule has 58 valence electrons. The molecule has 1 aliphatic heterocycles. The van der Waals surface area contributed by atoms with E-state index in [9.17, 15) is 0 Å². The maximum Gasteiger partial charge on any atom is 0.0557 e. The predicted molar refractivity (Wildman–Crippen MR) is 37.9 cm³/mol. The van der Waals surface area contributed by atoms with Crippen LogP contribution in [0.1, 0.15) is 19.3 Å². The third-order valence-corrected chi connectivity index (χ3v) is 2.84. The standard InChI is InChI=1S/C7H14N2O/c10-9-7-2-1-6(3-7)4-8-5-7/h6,8-10H,1-5H2. The van der Waals surface area contributed by atoms with Gasteiger partial charge in [-0.3, -0.25) is 0 Å². The molecular weight excluding hydrogens is 128 g/mol. The first-order chi connectivity index (χ1) is 4.85. The summed E-state index contributed by atoms with van der Waals surface area (Å²) in [6.07, 6.45) is 3.54. The molecule has 2 unspecified atom stereocenters. The first-order valence-corrected chi connectivity index (χ1v) is 3.97. The fraction of sp³-hybridized carbons (Fsp3) is 1.00. The van der Waals surface area contributed by atoms with E-state index in [1.165, 1.54) is 6.42 Å². The maximum atomic E-state index is 8.88. The minimum absolute atomic E-state index is 0.0307. The molecule has 0 aromatic heterocycles. The van der Waals surface area contributed by atoms with E-state index in [2.05, 4.69) is 10.8 Å². The number of piperidine rings is 1. The van der Waals surface area contributed by atoms with Gasteiger partial charge in [0.15, 0.2) is 0 Å². The Bertz CT molecular complexity index is 136. The summed E-state index contributed by atoms with van der Waals surface area (Å²) < 4.78 is 0. The number of nitrogens with one attached hydrogen (secondary N) is 2. The molecule has 0 aromatic carbocycles. The second-order valence-corrected chi connectivity index (χ2v) is 3.63. The van der Waals surface area contributed by atoms with Gasteiger partial charge in [-0.15, -0.1) is 0 Å². The van der Waals surface area contributed by atoms with Crippen molar-refractivity contribution < 1.29 is 5.21 Å². The van der Waals surface area contributed by atoms with Crippen molar-refractivity contribution in [2.24, 2.45) is 5.92 Å². The molecule has 2 fully saturated rings. The van der Waals surface area contributed by atoms with E-state index < -0.39 is 0 Å². The van der Waals surface area contributed by atoms with Gasteiger partial charge in [0.1, 0.15) is 0 Å². The molecule has 3 N–H and O–H groups in total. The van der Waals surface area contributed by atoms with Crippen LogP contribution in [0.2, 0.25) is 0 Å². The van der Waals surface area contributed by atoms with Crippen LogP contribution in [-0.4, -0.2) is 23.8 Å². The van der Waals surface area contributed by atoms with Crippen molar-refractivity contribution in [3.05, 3.63) is 0 Å². The Balaban J connectivity index is 2.10. The number of rotatable bonds is 1. The monoisotopic (exact) mass is 142 g/mol. The van der Waals surface area contributed by atoms with Crippen LogP contribution in [0, 0.1) is 5.92 Å². The lowest BCUT2D eigenvalue weighted by molar-refractivity contribution is 0.0539. The highest BCUT2D eigenvalue weighted by molar-refractivity contribution is 4.99. The van der Waals surface area contributed by atoms with Crippen molar-refractivity contribution in [3.8, 4) is 0 Å². The first kappa shape index (κ1) is 6.58. The van der Waals surface area contributed by atoms with E-state index in [1.807, 2.05) is 0 Å². The summed E-state index contributed by atoms with van der Waals surface area (Å²) in [5, 5.41) is 12.2. The molecule has 0 radical (unpaired) electrons. The lowest BCUT2D eigenvalue weighted by Gasteiger charge is -2.31. The van der Waals surface area contributed by atoms with Gasteiger partial charge in [-0.05, 0) is 31.7 Å². The quantitative estimate of drug-likeness (QED) is 0.455. The zero-order chi connectivity index (χ0) is 7.03. The largest absolute Gasteiger partial charge is 0.316 e. The predicted octanol–water partition coefficient (Wildman–Crippen LogP) is 0.107. The molecule has 2 rings (SSSR count). The van der Waals surface area contributed by atoms with Crippen LogP contribution in [0.5, 0.6) is 0 Å². The van der Waals surface area contributed by atoms with E-state index in [1.54, 1.807) is 0 Å². The third-order valence-electron chi connectivity index (χ3n) is 2.84. The van der Waals surface area contributed by atoms with E-state index in [0.29, 0.717) is 0 Å². The lowest BCUT2D eigenvalue weighted by atomic mass is 9.94. The molecule has 1 heterocycles. The summed E-state index contributed by atoms with van der Waals surface area (Å²) in [6.45, 7) is 2.07. The molecule has 0 spiro atoms. The minimum Gasteiger partial charge on any atom is -0.316 e. The van der Waals surface area contributed by atoms with Gasteiger partial charge in [-0.25, -0.2) is 0 Å². The Morgan fingerprint density at radius 2 is 2.50 bits per heavy atom. The van der Waals surface area contributed by atoms with Crippen LogP contribution in [-0.2, 0) is 0 Å². The van der Waals surface area contributed by atoms with Crippen molar-refractivity contribution in [2.45, 2.75) is 24.8 Å². The molecular formula is C7H14N2O. The molecule has 2 aliphatic rings. The summed E-state index contributed by atoms with van der Waals surface area (Å²) in [5.41, 5.74) is 2.48. The van der Waals surface area contributed by atoms with Crippen LogP contribution < -0.4 is 10.8 Å². The average Bonchev–Trinajstić information content (AvgIpc) is 2.29. The van der Waals surface area contributed by atoms with E-state index in [4.69, 9.17) is 5.21 Å².